The molecule has 0 aliphatic rings. The molecular weight excluding hydrogens is 304 g/mol. The fourth-order valence-corrected chi connectivity index (χ4v) is 2.36. The fourth-order valence-electron chi connectivity index (χ4n) is 2.36. The van der Waals surface area contributed by atoms with Crippen molar-refractivity contribution in [3.05, 3.63) is 30.0 Å². The molecule has 1 heterocycles. The van der Waals surface area contributed by atoms with Gasteiger partial charge in [-0.3, -0.25) is 4.79 Å². The van der Waals surface area contributed by atoms with Crippen molar-refractivity contribution in [2.45, 2.75) is 39.0 Å². The second-order valence-electron chi connectivity index (χ2n) is 5.40. The molecule has 0 aliphatic carbocycles. The minimum atomic E-state index is -1.04. The summed E-state index contributed by atoms with van der Waals surface area (Å²) in [5.41, 5.74) is 1.57. The SMILES string of the molecule is CCCCCNC(=O)[C@H](C#N)c1nc2ccccc2nc1OCC. The summed E-state index contributed by atoms with van der Waals surface area (Å²) < 4.78 is 5.52. The Morgan fingerprint density at radius 1 is 1.25 bits per heavy atom. The number of nitrogens with one attached hydrogen (secondary N) is 1. The third-order valence-corrected chi connectivity index (χ3v) is 3.59. The molecule has 0 spiro atoms. The number of carbonyl (C=O) groups excluding carboxylic acids is 1. The number of fused-ring (bicyclic) bond motifs is 1. The van der Waals surface area contributed by atoms with Gasteiger partial charge < -0.3 is 10.1 Å². The number of ether oxygens (including phenoxy) is 1. The Hall–Kier alpha value is -2.68. The quantitative estimate of drug-likeness (QED) is 0.754. The normalized spacial score (nSPS) is 11.7. The molecular formula is C18H22N4O2. The first kappa shape index (κ1) is 17.7. The predicted octanol–water partition coefficient (Wildman–Crippen LogP) is 2.94. The van der Waals surface area contributed by atoms with E-state index in [-0.39, 0.29) is 17.5 Å². The lowest BCUT2D eigenvalue weighted by Crippen LogP contribution is -2.30. The van der Waals surface area contributed by atoms with E-state index in [2.05, 4.69) is 22.2 Å². The average Bonchev–Trinajstić information content (AvgIpc) is 2.60. The van der Waals surface area contributed by atoms with Gasteiger partial charge in [0.15, 0.2) is 5.92 Å². The molecule has 1 aromatic heterocycles. The molecule has 0 radical (unpaired) electrons. The van der Waals surface area contributed by atoms with Gasteiger partial charge in [-0.15, -0.1) is 0 Å². The van der Waals surface area contributed by atoms with Gasteiger partial charge in [-0.25, -0.2) is 9.97 Å². The smallest absolute Gasteiger partial charge is 0.243 e. The van der Waals surface area contributed by atoms with Gasteiger partial charge in [0.1, 0.15) is 5.69 Å². The minimum Gasteiger partial charge on any atom is -0.477 e. The lowest BCUT2D eigenvalue weighted by Gasteiger charge is -2.14. The molecule has 0 unspecified atom stereocenters. The third-order valence-electron chi connectivity index (χ3n) is 3.59. The molecule has 24 heavy (non-hydrogen) atoms. The second-order valence-corrected chi connectivity index (χ2v) is 5.40. The summed E-state index contributed by atoms with van der Waals surface area (Å²) in [5.74, 6) is -1.16. The highest BCUT2D eigenvalue weighted by molar-refractivity contribution is 5.87. The van der Waals surface area contributed by atoms with Crippen LogP contribution in [-0.2, 0) is 4.79 Å². The first-order valence-corrected chi connectivity index (χ1v) is 8.28. The molecule has 1 aromatic carbocycles. The summed E-state index contributed by atoms with van der Waals surface area (Å²) >= 11 is 0. The van der Waals surface area contributed by atoms with Crippen molar-refractivity contribution in [1.82, 2.24) is 15.3 Å². The number of carbonyl (C=O) groups is 1. The number of hydrogen-bond acceptors (Lipinski definition) is 5. The molecule has 0 aliphatic heterocycles. The van der Waals surface area contributed by atoms with Crippen molar-refractivity contribution >= 4 is 16.9 Å². The van der Waals surface area contributed by atoms with Gasteiger partial charge in [0, 0.05) is 6.54 Å². The average molecular weight is 326 g/mol. The minimum absolute atomic E-state index is 0.242. The maximum absolute atomic E-state index is 12.4. The van der Waals surface area contributed by atoms with E-state index in [1.807, 2.05) is 31.2 Å². The third kappa shape index (κ3) is 4.19. The zero-order valence-electron chi connectivity index (χ0n) is 14.1. The molecule has 1 N–H and O–H groups in total. The van der Waals surface area contributed by atoms with Crippen LogP contribution in [-0.4, -0.2) is 29.0 Å². The Kier molecular flexibility index (Phi) is 6.50. The number of unbranched alkanes of at least 4 members (excludes halogenated alkanes) is 2. The molecule has 1 atom stereocenters. The van der Waals surface area contributed by atoms with Gasteiger partial charge in [0.2, 0.25) is 11.8 Å². The Bertz CT molecular complexity index is 739. The number of para-hydroxylation sites is 2. The maximum atomic E-state index is 12.4. The molecule has 1 amide bonds. The van der Waals surface area contributed by atoms with Crippen molar-refractivity contribution in [2.75, 3.05) is 13.2 Å². The van der Waals surface area contributed by atoms with Gasteiger partial charge >= 0.3 is 0 Å². The van der Waals surface area contributed by atoms with Crippen molar-refractivity contribution in [3.63, 3.8) is 0 Å². The van der Waals surface area contributed by atoms with Gasteiger partial charge in [0.05, 0.1) is 23.7 Å². The van der Waals surface area contributed by atoms with Crippen LogP contribution >= 0.6 is 0 Å². The van der Waals surface area contributed by atoms with Crippen LogP contribution in [0.1, 0.15) is 44.7 Å². The summed E-state index contributed by atoms with van der Waals surface area (Å²) in [7, 11) is 0. The topological polar surface area (TPSA) is 87.9 Å². The summed E-state index contributed by atoms with van der Waals surface area (Å²) in [6, 6.07) is 9.35. The van der Waals surface area contributed by atoms with Crippen LogP contribution in [0.25, 0.3) is 11.0 Å². The molecule has 0 fully saturated rings. The number of nitrogens with zero attached hydrogens (tertiary/aromatic N) is 3. The molecule has 6 heteroatoms. The first-order valence-electron chi connectivity index (χ1n) is 8.28. The van der Waals surface area contributed by atoms with E-state index in [0.29, 0.717) is 24.2 Å². The number of aromatic nitrogens is 2. The number of nitriles is 1. The zero-order chi connectivity index (χ0) is 17.4. The number of benzene rings is 1. The van der Waals surface area contributed by atoms with Crippen molar-refractivity contribution in [3.8, 4) is 11.9 Å². The van der Waals surface area contributed by atoms with Gasteiger partial charge in [-0.1, -0.05) is 31.9 Å². The van der Waals surface area contributed by atoms with E-state index in [9.17, 15) is 10.1 Å². The van der Waals surface area contributed by atoms with Crippen molar-refractivity contribution in [1.29, 1.82) is 5.26 Å². The van der Waals surface area contributed by atoms with Crippen LogP contribution < -0.4 is 10.1 Å². The fraction of sp³-hybridized carbons (Fsp3) is 0.444. The zero-order valence-corrected chi connectivity index (χ0v) is 14.1. The van der Waals surface area contributed by atoms with Crippen molar-refractivity contribution in [2.24, 2.45) is 0 Å². The second kappa shape index (κ2) is 8.82. The van der Waals surface area contributed by atoms with E-state index >= 15 is 0 Å². The monoisotopic (exact) mass is 326 g/mol. The van der Waals surface area contributed by atoms with Crippen LogP contribution in [0.4, 0.5) is 0 Å². The van der Waals surface area contributed by atoms with Crippen LogP contribution in [0.5, 0.6) is 5.88 Å². The molecule has 0 saturated carbocycles. The maximum Gasteiger partial charge on any atom is 0.243 e. The molecule has 2 aromatic rings. The molecule has 2 rings (SSSR count). The summed E-state index contributed by atoms with van der Waals surface area (Å²) in [6.07, 6.45) is 3.00. The Morgan fingerprint density at radius 3 is 2.58 bits per heavy atom. The molecule has 0 saturated heterocycles. The lowest BCUT2D eigenvalue weighted by molar-refractivity contribution is -0.121. The molecule has 126 valence electrons. The van der Waals surface area contributed by atoms with E-state index in [0.717, 1.165) is 19.3 Å². The van der Waals surface area contributed by atoms with E-state index < -0.39 is 5.92 Å². The predicted molar refractivity (Wildman–Crippen MR) is 91.6 cm³/mol. The van der Waals surface area contributed by atoms with Crippen LogP contribution in [0.2, 0.25) is 0 Å². The highest BCUT2D eigenvalue weighted by atomic mass is 16.5. The number of amides is 1. The van der Waals surface area contributed by atoms with E-state index in [4.69, 9.17) is 4.74 Å². The first-order chi connectivity index (χ1) is 11.7. The number of rotatable bonds is 8. The highest BCUT2D eigenvalue weighted by Gasteiger charge is 2.27. The largest absolute Gasteiger partial charge is 0.477 e. The van der Waals surface area contributed by atoms with Gasteiger partial charge in [0.25, 0.3) is 0 Å². The number of hydrogen-bond donors (Lipinski definition) is 1. The van der Waals surface area contributed by atoms with E-state index in [1.165, 1.54) is 0 Å². The standard InChI is InChI=1S/C18H22N4O2/c1-3-5-8-11-20-17(23)13(12-19)16-18(24-4-2)22-15-10-7-6-9-14(15)21-16/h6-7,9-10,13H,3-5,8,11H2,1-2H3,(H,20,23)/t13-/m1/s1. The van der Waals surface area contributed by atoms with Crippen LogP contribution in [0, 0.1) is 11.3 Å². The lowest BCUT2D eigenvalue weighted by atomic mass is 10.1. The summed E-state index contributed by atoms with van der Waals surface area (Å²) in [4.78, 5) is 21.2. The Morgan fingerprint density at radius 2 is 1.96 bits per heavy atom. The van der Waals surface area contributed by atoms with Crippen molar-refractivity contribution < 1.29 is 9.53 Å². The van der Waals surface area contributed by atoms with Gasteiger partial charge in [-0.05, 0) is 25.5 Å². The highest BCUT2D eigenvalue weighted by Crippen LogP contribution is 2.26. The summed E-state index contributed by atoms with van der Waals surface area (Å²) in [5, 5.41) is 12.3. The van der Waals surface area contributed by atoms with Crippen LogP contribution in [0.3, 0.4) is 0 Å². The molecule has 0 bridgehead atoms. The Balaban J connectivity index is 2.30. The summed E-state index contributed by atoms with van der Waals surface area (Å²) in [6.45, 7) is 4.86. The molecule has 6 nitrogen and oxygen atoms in total. The Labute approximate surface area is 141 Å². The van der Waals surface area contributed by atoms with Crippen LogP contribution in [0.15, 0.2) is 24.3 Å². The van der Waals surface area contributed by atoms with Gasteiger partial charge in [-0.2, -0.15) is 5.26 Å². The van der Waals surface area contributed by atoms with E-state index in [1.54, 1.807) is 6.07 Å².